The van der Waals surface area contributed by atoms with E-state index < -0.39 is 78.0 Å². The number of aromatic nitrogens is 3. The van der Waals surface area contributed by atoms with Gasteiger partial charge in [0.15, 0.2) is 35.4 Å². The standard InChI is InChI=1S/C36H43N5O14/c1-36(2,3)55-35(47)38-26-29(43)30(44)31(54-34(26)50-6)32(45)37-11-16-12-41(40-39-16)27-18-10-21-20(52-14-53-21)9-17(18)24(25-19(27)13-51-33(25)46)15-7-22(48-4)28(42)23(8-15)49-5/h7-10,12,19,24-27,29-31,34,42-44H,11,13-14H2,1-6H3,(H,37,45)(H,38,47)/t19-,24+,25-,26+,27+,29+,30-,31-,34-/m0/s1. The summed E-state index contributed by atoms with van der Waals surface area (Å²) in [7, 11) is 4.10. The third-order valence-electron chi connectivity index (χ3n) is 10.1. The molecular formula is C36H43N5O14. The van der Waals surface area contributed by atoms with Gasteiger partial charge in [-0.1, -0.05) is 5.21 Å². The van der Waals surface area contributed by atoms with E-state index in [1.807, 2.05) is 12.1 Å². The summed E-state index contributed by atoms with van der Waals surface area (Å²) in [6, 6.07) is 5.17. The molecule has 0 radical (unpaired) electrons. The number of carbonyl (C=O) groups excluding carboxylic acids is 3. The number of phenols is 1. The van der Waals surface area contributed by atoms with Gasteiger partial charge in [0.2, 0.25) is 12.5 Å². The van der Waals surface area contributed by atoms with Crippen LogP contribution in [0.4, 0.5) is 4.79 Å². The number of carbonyl (C=O) groups is 3. The molecule has 0 unspecified atom stereocenters. The van der Waals surface area contributed by atoms with Gasteiger partial charge in [-0.25, -0.2) is 9.48 Å². The molecule has 0 bridgehead atoms. The molecule has 296 valence electrons. The highest BCUT2D eigenvalue weighted by molar-refractivity contribution is 5.82. The Kier molecular flexibility index (Phi) is 10.1. The first-order valence-electron chi connectivity index (χ1n) is 17.5. The molecule has 0 saturated carbocycles. The summed E-state index contributed by atoms with van der Waals surface area (Å²) in [5.74, 6) is -1.78. The average Bonchev–Trinajstić information content (AvgIpc) is 3.90. The number of rotatable bonds is 9. The molecule has 0 spiro atoms. The zero-order valence-corrected chi connectivity index (χ0v) is 30.9. The summed E-state index contributed by atoms with van der Waals surface area (Å²) in [5.41, 5.74) is 1.62. The quantitative estimate of drug-likeness (QED) is 0.190. The fraction of sp³-hybridized carbons (Fsp3) is 0.528. The van der Waals surface area contributed by atoms with E-state index in [4.69, 9.17) is 37.9 Å². The van der Waals surface area contributed by atoms with Crippen molar-refractivity contribution in [1.29, 1.82) is 0 Å². The summed E-state index contributed by atoms with van der Waals surface area (Å²) in [5, 5.41) is 46.1. The molecule has 5 N–H and O–H groups in total. The van der Waals surface area contributed by atoms with Gasteiger partial charge >= 0.3 is 12.1 Å². The summed E-state index contributed by atoms with van der Waals surface area (Å²) < 4.78 is 45.8. The highest BCUT2D eigenvalue weighted by atomic mass is 16.7. The van der Waals surface area contributed by atoms with Crippen LogP contribution in [0.2, 0.25) is 0 Å². The van der Waals surface area contributed by atoms with Crippen molar-refractivity contribution in [2.45, 2.75) is 75.5 Å². The monoisotopic (exact) mass is 769 g/mol. The van der Waals surface area contributed by atoms with Gasteiger partial charge in [0.05, 0.1) is 45.5 Å². The lowest BCUT2D eigenvalue weighted by atomic mass is 9.65. The Bertz CT molecular complexity index is 1940. The van der Waals surface area contributed by atoms with Crippen molar-refractivity contribution in [3.05, 3.63) is 52.8 Å². The molecule has 1 aromatic heterocycles. The van der Waals surface area contributed by atoms with Crippen LogP contribution in [0.1, 0.15) is 55.1 Å². The molecule has 3 aliphatic heterocycles. The second-order valence-corrected chi connectivity index (χ2v) is 14.6. The van der Waals surface area contributed by atoms with Crippen molar-refractivity contribution in [3.8, 4) is 28.7 Å². The number of esters is 1. The first-order valence-corrected chi connectivity index (χ1v) is 17.5. The fourth-order valence-corrected chi connectivity index (χ4v) is 7.65. The molecule has 1 aliphatic carbocycles. The number of nitrogens with one attached hydrogen (secondary N) is 2. The predicted octanol–water partition coefficient (Wildman–Crippen LogP) is 0.856. The van der Waals surface area contributed by atoms with Gasteiger partial charge in [-0.15, -0.1) is 5.10 Å². The molecule has 19 heteroatoms. The smallest absolute Gasteiger partial charge is 0.408 e. The van der Waals surface area contributed by atoms with Crippen molar-refractivity contribution in [1.82, 2.24) is 25.6 Å². The number of aromatic hydroxyl groups is 1. The van der Waals surface area contributed by atoms with Gasteiger partial charge < -0.3 is 63.8 Å². The summed E-state index contributed by atoms with van der Waals surface area (Å²) in [4.78, 5) is 39.3. The highest BCUT2D eigenvalue weighted by Gasteiger charge is 2.54. The molecule has 4 aliphatic rings. The van der Waals surface area contributed by atoms with Crippen LogP contribution >= 0.6 is 0 Å². The molecule has 2 fully saturated rings. The predicted molar refractivity (Wildman–Crippen MR) is 184 cm³/mol. The minimum Gasteiger partial charge on any atom is -0.502 e. The van der Waals surface area contributed by atoms with Crippen molar-refractivity contribution in [2.75, 3.05) is 34.7 Å². The van der Waals surface area contributed by atoms with Gasteiger partial charge in [-0.2, -0.15) is 0 Å². The third-order valence-corrected chi connectivity index (χ3v) is 10.1. The Balaban J connectivity index is 1.14. The number of methoxy groups -OCH3 is 3. The zero-order chi connectivity index (χ0) is 39.3. The number of benzene rings is 2. The molecule has 19 nitrogen and oxygen atoms in total. The zero-order valence-electron chi connectivity index (χ0n) is 30.9. The number of aliphatic hydroxyl groups excluding tert-OH is 2. The normalized spacial score (nSPS) is 28.1. The Morgan fingerprint density at radius 3 is 2.29 bits per heavy atom. The molecule has 7 rings (SSSR count). The number of nitrogens with zero attached hydrogens (tertiary/aromatic N) is 3. The summed E-state index contributed by atoms with van der Waals surface area (Å²) >= 11 is 0. The number of ether oxygens (including phenoxy) is 8. The topological polar surface area (TPSA) is 241 Å². The van der Waals surface area contributed by atoms with Crippen LogP contribution in [0.5, 0.6) is 28.7 Å². The van der Waals surface area contributed by atoms with Crippen LogP contribution in [-0.4, -0.2) is 119 Å². The molecule has 2 aromatic carbocycles. The van der Waals surface area contributed by atoms with E-state index in [1.54, 1.807) is 43.8 Å². The van der Waals surface area contributed by atoms with Crippen LogP contribution in [0.25, 0.3) is 0 Å². The van der Waals surface area contributed by atoms with Crippen molar-refractivity contribution in [2.24, 2.45) is 11.8 Å². The largest absolute Gasteiger partial charge is 0.502 e. The lowest BCUT2D eigenvalue weighted by Crippen LogP contribution is -2.66. The second-order valence-electron chi connectivity index (χ2n) is 14.6. The highest BCUT2D eigenvalue weighted by Crippen LogP contribution is 2.56. The number of cyclic esters (lactones) is 1. The molecular weight excluding hydrogens is 726 g/mol. The van der Waals surface area contributed by atoms with Gasteiger partial charge in [-0.3, -0.25) is 9.59 Å². The Morgan fingerprint density at radius 1 is 0.982 bits per heavy atom. The van der Waals surface area contributed by atoms with Gasteiger partial charge in [0.1, 0.15) is 29.5 Å². The molecule has 2 saturated heterocycles. The van der Waals surface area contributed by atoms with E-state index in [9.17, 15) is 29.7 Å². The summed E-state index contributed by atoms with van der Waals surface area (Å²) in [6.07, 6.45) is -5.52. The van der Waals surface area contributed by atoms with Gasteiger partial charge in [0.25, 0.3) is 5.91 Å². The third kappa shape index (κ3) is 7.03. The molecule has 2 amide bonds. The number of phenolic OH excluding ortho intramolecular Hbond substituents is 1. The van der Waals surface area contributed by atoms with E-state index in [2.05, 4.69) is 20.9 Å². The van der Waals surface area contributed by atoms with E-state index in [0.29, 0.717) is 22.8 Å². The van der Waals surface area contributed by atoms with Gasteiger partial charge in [0, 0.05) is 18.9 Å². The molecule has 9 atom stereocenters. The van der Waals surface area contributed by atoms with Crippen molar-refractivity contribution in [3.63, 3.8) is 0 Å². The van der Waals surface area contributed by atoms with E-state index in [-0.39, 0.29) is 37.2 Å². The first-order chi connectivity index (χ1) is 26.2. The first kappa shape index (κ1) is 37.9. The van der Waals surface area contributed by atoms with Crippen LogP contribution < -0.4 is 29.6 Å². The van der Waals surface area contributed by atoms with Crippen LogP contribution in [0.15, 0.2) is 30.5 Å². The van der Waals surface area contributed by atoms with Crippen LogP contribution in [0.3, 0.4) is 0 Å². The lowest BCUT2D eigenvalue weighted by Gasteiger charge is -2.41. The fourth-order valence-electron chi connectivity index (χ4n) is 7.65. The molecule has 4 heterocycles. The number of fused-ring (bicyclic) bond motifs is 3. The Labute approximate surface area is 314 Å². The maximum atomic E-state index is 13.6. The number of hydrogen-bond donors (Lipinski definition) is 5. The average molecular weight is 770 g/mol. The maximum absolute atomic E-state index is 13.6. The Morgan fingerprint density at radius 2 is 1.65 bits per heavy atom. The Hall–Kier alpha value is -5.37. The minimum absolute atomic E-state index is 0.0129. The van der Waals surface area contributed by atoms with Gasteiger partial charge in [-0.05, 0) is 61.7 Å². The van der Waals surface area contributed by atoms with Crippen LogP contribution in [0, 0.1) is 11.8 Å². The van der Waals surface area contributed by atoms with E-state index >= 15 is 0 Å². The number of amides is 2. The number of hydrogen-bond acceptors (Lipinski definition) is 16. The van der Waals surface area contributed by atoms with Crippen molar-refractivity contribution < 1.29 is 67.6 Å². The molecule has 3 aromatic rings. The number of alkyl carbamates (subject to hydrolysis) is 1. The van der Waals surface area contributed by atoms with E-state index in [1.165, 1.54) is 21.3 Å². The van der Waals surface area contributed by atoms with Crippen LogP contribution in [-0.2, 0) is 35.1 Å². The SMILES string of the molecule is COc1cc([C@@H]2c3cc4c(cc3[C@@H](n3cc(CNC(=O)[C@H]5O[C@H](OC)[C@H](NC(=O)OC(C)(C)C)[C@@H](O)[C@@H]5O)nn3)[C@H]3COC(=O)[C@H]23)OCO4)cc(OC)c1O. The van der Waals surface area contributed by atoms with Crippen molar-refractivity contribution >= 4 is 18.0 Å². The number of aliphatic hydroxyl groups is 2. The summed E-state index contributed by atoms with van der Waals surface area (Å²) in [6.45, 7) is 4.92. The second kappa shape index (κ2) is 14.7. The minimum atomic E-state index is -1.74. The lowest BCUT2D eigenvalue weighted by molar-refractivity contribution is -0.251. The maximum Gasteiger partial charge on any atom is 0.408 e. The molecule has 55 heavy (non-hydrogen) atoms. The van der Waals surface area contributed by atoms with E-state index in [0.717, 1.165) is 11.1 Å².